The highest BCUT2D eigenvalue weighted by Crippen LogP contribution is 2.38. The van der Waals surface area contributed by atoms with E-state index in [4.69, 9.17) is 14.6 Å². The van der Waals surface area contributed by atoms with Gasteiger partial charge in [0.05, 0.1) is 30.9 Å². The number of fused-ring (bicyclic) bond motifs is 1. The van der Waals surface area contributed by atoms with Gasteiger partial charge in [0.1, 0.15) is 10.6 Å². The van der Waals surface area contributed by atoms with Gasteiger partial charge in [-0.1, -0.05) is 6.07 Å². The van der Waals surface area contributed by atoms with Gasteiger partial charge in [0.25, 0.3) is 0 Å². The Balaban J connectivity index is 1.71. The summed E-state index contributed by atoms with van der Waals surface area (Å²) in [6, 6.07) is 6.88. The molecule has 1 unspecified atom stereocenters. The summed E-state index contributed by atoms with van der Waals surface area (Å²) in [5, 5.41) is 14.0. The third-order valence-electron chi connectivity index (χ3n) is 5.70. The fourth-order valence-corrected chi connectivity index (χ4v) is 6.03. The number of benzene rings is 1. The number of hydrogen-bond donors (Lipinski definition) is 3. The van der Waals surface area contributed by atoms with E-state index in [1.54, 1.807) is 56.9 Å². The van der Waals surface area contributed by atoms with E-state index in [0.29, 0.717) is 34.1 Å². The second-order valence-electron chi connectivity index (χ2n) is 10.1. The molecule has 0 saturated heterocycles. The molecule has 0 spiro atoms. The lowest BCUT2D eigenvalue weighted by Crippen LogP contribution is -2.39. The van der Waals surface area contributed by atoms with Crippen LogP contribution in [0.5, 0.6) is 0 Å². The van der Waals surface area contributed by atoms with Gasteiger partial charge < -0.3 is 30.1 Å². The van der Waals surface area contributed by atoms with Crippen molar-refractivity contribution in [3.63, 3.8) is 0 Å². The van der Waals surface area contributed by atoms with Crippen LogP contribution in [0.4, 0.5) is 15.5 Å². The van der Waals surface area contributed by atoms with Crippen LogP contribution in [0, 0.1) is 0 Å². The maximum absolute atomic E-state index is 13.1. The van der Waals surface area contributed by atoms with Crippen LogP contribution in [0.3, 0.4) is 0 Å². The molecule has 1 aromatic carbocycles. The van der Waals surface area contributed by atoms with Crippen molar-refractivity contribution >= 4 is 63.6 Å². The largest absolute Gasteiger partial charge is 0.481 e. The minimum Gasteiger partial charge on any atom is -0.481 e. The fourth-order valence-electron chi connectivity index (χ4n) is 3.85. The van der Waals surface area contributed by atoms with Gasteiger partial charge in [-0.05, 0) is 57.9 Å². The van der Waals surface area contributed by atoms with Crippen LogP contribution in [0.15, 0.2) is 29.2 Å². The summed E-state index contributed by atoms with van der Waals surface area (Å²) in [4.78, 5) is 64.1. The van der Waals surface area contributed by atoms with Gasteiger partial charge in [-0.15, -0.1) is 23.1 Å². The van der Waals surface area contributed by atoms with Crippen molar-refractivity contribution < 1.29 is 38.6 Å². The molecule has 0 saturated carbocycles. The number of methoxy groups -OCH3 is 1. The number of carbonyl (C=O) groups excluding carboxylic acids is 4. The van der Waals surface area contributed by atoms with Gasteiger partial charge in [0, 0.05) is 28.4 Å². The fraction of sp³-hybridized carbons (Fsp3) is 0.444. The van der Waals surface area contributed by atoms with Crippen LogP contribution in [0.1, 0.15) is 61.3 Å². The Labute approximate surface area is 240 Å². The van der Waals surface area contributed by atoms with Crippen molar-refractivity contribution in [2.75, 3.05) is 24.3 Å². The molecule has 0 bridgehead atoms. The summed E-state index contributed by atoms with van der Waals surface area (Å²) in [7, 11) is 1.28. The molecule has 1 aromatic heterocycles. The number of rotatable bonds is 9. The Kier molecular flexibility index (Phi) is 10.2. The first-order chi connectivity index (χ1) is 18.8. The van der Waals surface area contributed by atoms with Crippen molar-refractivity contribution in [1.82, 2.24) is 4.90 Å². The lowest BCUT2D eigenvalue weighted by Gasteiger charge is -2.30. The molecule has 1 aliphatic rings. The Morgan fingerprint density at radius 1 is 1.15 bits per heavy atom. The van der Waals surface area contributed by atoms with Crippen LogP contribution < -0.4 is 10.6 Å². The first kappa shape index (κ1) is 31.0. The monoisotopic (exact) mass is 591 g/mol. The van der Waals surface area contributed by atoms with Crippen molar-refractivity contribution in [2.45, 2.75) is 69.2 Å². The van der Waals surface area contributed by atoms with Crippen LogP contribution in [-0.2, 0) is 36.8 Å². The van der Waals surface area contributed by atoms with Crippen LogP contribution in [0.25, 0.3) is 0 Å². The lowest BCUT2D eigenvalue weighted by atomic mass is 10.0. The molecule has 2 aromatic rings. The van der Waals surface area contributed by atoms with E-state index >= 15 is 0 Å². The topological polar surface area (TPSA) is 151 Å². The van der Waals surface area contributed by atoms with Crippen molar-refractivity contribution in [3.8, 4) is 0 Å². The smallest absolute Gasteiger partial charge is 0.410 e. The van der Waals surface area contributed by atoms with E-state index in [9.17, 15) is 24.0 Å². The van der Waals surface area contributed by atoms with Crippen molar-refractivity contribution in [3.05, 3.63) is 40.3 Å². The highest BCUT2D eigenvalue weighted by molar-refractivity contribution is 8.00. The molecular formula is C27H33N3O8S2. The Morgan fingerprint density at radius 3 is 2.52 bits per heavy atom. The molecule has 0 radical (unpaired) electrons. The summed E-state index contributed by atoms with van der Waals surface area (Å²) in [5.41, 5.74) is 0.894. The molecule has 40 heavy (non-hydrogen) atoms. The summed E-state index contributed by atoms with van der Waals surface area (Å²) < 4.78 is 10.5. The number of nitrogens with one attached hydrogen (secondary N) is 2. The summed E-state index contributed by atoms with van der Waals surface area (Å²) in [5.74, 6) is -2.38. The Morgan fingerprint density at radius 2 is 1.88 bits per heavy atom. The van der Waals surface area contributed by atoms with E-state index < -0.39 is 34.8 Å². The standard InChI is InChI=1S/C27H33N3O8S2/c1-15(39-17-8-6-7-16(13-17)28-20(31)9-10-21(32)33)23(34)29-24-22(25(35)37-5)18-11-12-30(14-19(18)40-24)26(36)38-27(2,3)4/h6-8,13,15H,9-12,14H2,1-5H3,(H,28,31)(H,29,34)(H,32,33). The predicted molar refractivity (Wildman–Crippen MR) is 152 cm³/mol. The molecule has 13 heteroatoms. The number of nitrogens with zero attached hydrogens (tertiary/aromatic N) is 1. The SMILES string of the molecule is COC(=O)c1c(NC(=O)C(C)Sc2cccc(NC(=O)CCC(=O)O)c2)sc2c1CCN(C(=O)OC(C)(C)C)C2. The van der Waals surface area contributed by atoms with E-state index in [0.717, 1.165) is 10.4 Å². The summed E-state index contributed by atoms with van der Waals surface area (Å²) >= 11 is 2.49. The molecule has 0 aliphatic carbocycles. The average Bonchev–Trinajstić information content (AvgIpc) is 3.23. The van der Waals surface area contributed by atoms with Crippen LogP contribution in [-0.4, -0.2) is 64.4 Å². The van der Waals surface area contributed by atoms with Gasteiger partial charge in [0.15, 0.2) is 0 Å². The first-order valence-electron chi connectivity index (χ1n) is 12.6. The maximum Gasteiger partial charge on any atom is 0.410 e. The number of hydrogen-bond acceptors (Lipinski definition) is 9. The molecule has 2 heterocycles. The van der Waals surface area contributed by atoms with Gasteiger partial charge in [-0.3, -0.25) is 14.4 Å². The third kappa shape index (κ3) is 8.46. The molecule has 11 nitrogen and oxygen atoms in total. The second-order valence-corrected chi connectivity index (χ2v) is 12.6. The van der Waals surface area contributed by atoms with E-state index in [1.165, 1.54) is 30.2 Å². The number of aliphatic carboxylic acids is 1. The number of amides is 3. The van der Waals surface area contributed by atoms with Crippen molar-refractivity contribution in [1.29, 1.82) is 0 Å². The zero-order chi connectivity index (χ0) is 29.6. The number of anilines is 2. The molecular weight excluding hydrogens is 558 g/mol. The zero-order valence-corrected chi connectivity index (χ0v) is 24.6. The first-order valence-corrected chi connectivity index (χ1v) is 14.3. The molecule has 1 aliphatic heterocycles. The van der Waals surface area contributed by atoms with Crippen molar-refractivity contribution in [2.24, 2.45) is 0 Å². The van der Waals surface area contributed by atoms with E-state index in [1.807, 2.05) is 0 Å². The number of ether oxygens (including phenoxy) is 2. The third-order valence-corrected chi connectivity index (χ3v) is 7.93. The number of thioether (sulfide) groups is 1. The average molecular weight is 592 g/mol. The molecule has 216 valence electrons. The second kappa shape index (κ2) is 13.2. The number of thiophene rings is 1. The lowest BCUT2D eigenvalue weighted by molar-refractivity contribution is -0.138. The highest BCUT2D eigenvalue weighted by Gasteiger charge is 2.33. The Hall–Kier alpha value is -3.58. The molecule has 1 atom stereocenters. The minimum atomic E-state index is -1.05. The number of carbonyl (C=O) groups is 5. The minimum absolute atomic E-state index is 0.144. The number of carboxylic acids is 1. The Bertz CT molecular complexity index is 1300. The predicted octanol–water partition coefficient (Wildman–Crippen LogP) is 4.75. The van der Waals surface area contributed by atoms with Crippen LogP contribution >= 0.6 is 23.1 Å². The molecule has 3 amide bonds. The van der Waals surface area contributed by atoms with Gasteiger partial charge >= 0.3 is 18.0 Å². The van der Waals surface area contributed by atoms with Gasteiger partial charge in [-0.2, -0.15) is 0 Å². The number of esters is 1. The van der Waals surface area contributed by atoms with Gasteiger partial charge in [0.2, 0.25) is 11.8 Å². The summed E-state index contributed by atoms with van der Waals surface area (Å²) in [6.45, 7) is 7.72. The zero-order valence-electron chi connectivity index (χ0n) is 23.0. The highest BCUT2D eigenvalue weighted by atomic mass is 32.2. The molecule has 3 rings (SSSR count). The normalized spacial score (nSPS) is 13.6. The summed E-state index contributed by atoms with van der Waals surface area (Å²) in [6.07, 6.45) is -0.437. The van der Waals surface area contributed by atoms with E-state index in [2.05, 4.69) is 10.6 Å². The molecule has 3 N–H and O–H groups in total. The molecule has 0 fully saturated rings. The quantitative estimate of drug-likeness (QED) is 0.277. The van der Waals surface area contributed by atoms with Gasteiger partial charge in [-0.25, -0.2) is 9.59 Å². The van der Waals surface area contributed by atoms with Crippen LogP contribution in [0.2, 0.25) is 0 Å². The maximum atomic E-state index is 13.1. The van der Waals surface area contributed by atoms with E-state index in [-0.39, 0.29) is 25.3 Å². The number of carboxylic acid groups (broad SMARTS) is 1.